The van der Waals surface area contributed by atoms with Crippen molar-refractivity contribution in [3.05, 3.63) is 52.9 Å². The van der Waals surface area contributed by atoms with Gasteiger partial charge in [-0.1, -0.05) is 17.7 Å². The Labute approximate surface area is 146 Å². The van der Waals surface area contributed by atoms with Crippen LogP contribution in [0.5, 0.6) is 0 Å². The molecule has 1 atom stereocenters. The van der Waals surface area contributed by atoms with Crippen molar-refractivity contribution in [3.63, 3.8) is 0 Å². The second-order valence-electron chi connectivity index (χ2n) is 5.99. The molecular formula is C18H21ClN2O3. The van der Waals surface area contributed by atoms with E-state index < -0.39 is 0 Å². The summed E-state index contributed by atoms with van der Waals surface area (Å²) in [5, 5.41) is 3.70. The van der Waals surface area contributed by atoms with Gasteiger partial charge in [-0.25, -0.2) is 0 Å². The predicted octanol–water partition coefficient (Wildman–Crippen LogP) is 3.34. The summed E-state index contributed by atoms with van der Waals surface area (Å²) >= 11 is 6.05. The molecule has 0 radical (unpaired) electrons. The molecule has 5 nitrogen and oxygen atoms in total. The Morgan fingerprint density at radius 3 is 3.08 bits per heavy atom. The van der Waals surface area contributed by atoms with Crippen LogP contribution in [0.2, 0.25) is 5.02 Å². The van der Waals surface area contributed by atoms with E-state index in [1.54, 1.807) is 19.2 Å². The van der Waals surface area contributed by atoms with Gasteiger partial charge in [0.25, 0.3) is 5.91 Å². The summed E-state index contributed by atoms with van der Waals surface area (Å²) in [6.07, 6.45) is 1.04. The zero-order valence-corrected chi connectivity index (χ0v) is 14.4. The zero-order valence-electron chi connectivity index (χ0n) is 13.6. The Bertz CT molecular complexity index is 701. The number of furan rings is 1. The molecule has 1 N–H and O–H groups in total. The van der Waals surface area contributed by atoms with Crippen molar-refractivity contribution in [1.82, 2.24) is 5.32 Å². The minimum absolute atomic E-state index is 0.182. The SMILES string of the molecule is COCc1ccc(C(=O)NC[C@H]2CCN(c3cccc(Cl)c3)C2)o1. The fourth-order valence-corrected chi connectivity index (χ4v) is 3.14. The van der Waals surface area contributed by atoms with Crippen molar-refractivity contribution < 1.29 is 13.9 Å². The Hall–Kier alpha value is -1.98. The van der Waals surface area contributed by atoms with Gasteiger partial charge < -0.3 is 19.4 Å². The monoisotopic (exact) mass is 348 g/mol. The molecule has 128 valence electrons. The summed E-state index contributed by atoms with van der Waals surface area (Å²) in [6, 6.07) is 11.3. The highest BCUT2D eigenvalue weighted by molar-refractivity contribution is 6.30. The Morgan fingerprint density at radius 2 is 2.29 bits per heavy atom. The zero-order chi connectivity index (χ0) is 16.9. The number of halogens is 1. The van der Waals surface area contributed by atoms with E-state index in [0.29, 0.717) is 30.6 Å². The van der Waals surface area contributed by atoms with E-state index in [1.807, 2.05) is 18.2 Å². The van der Waals surface area contributed by atoms with Crippen molar-refractivity contribution in [1.29, 1.82) is 0 Å². The van der Waals surface area contributed by atoms with E-state index in [-0.39, 0.29) is 5.91 Å². The van der Waals surface area contributed by atoms with Crippen LogP contribution in [-0.4, -0.2) is 32.7 Å². The lowest BCUT2D eigenvalue weighted by Crippen LogP contribution is -2.30. The molecule has 0 unspecified atom stereocenters. The van der Waals surface area contributed by atoms with Crippen LogP contribution < -0.4 is 10.2 Å². The van der Waals surface area contributed by atoms with Crippen LogP contribution in [-0.2, 0) is 11.3 Å². The average molecular weight is 349 g/mol. The maximum absolute atomic E-state index is 12.1. The molecule has 3 rings (SSSR count). The topological polar surface area (TPSA) is 54.7 Å². The van der Waals surface area contributed by atoms with Crippen LogP contribution in [0.4, 0.5) is 5.69 Å². The molecule has 0 spiro atoms. The molecule has 1 aromatic heterocycles. The van der Waals surface area contributed by atoms with E-state index in [4.69, 9.17) is 20.8 Å². The minimum atomic E-state index is -0.182. The van der Waals surface area contributed by atoms with E-state index in [9.17, 15) is 4.79 Å². The van der Waals surface area contributed by atoms with Gasteiger partial charge in [-0.15, -0.1) is 0 Å². The summed E-state index contributed by atoms with van der Waals surface area (Å²) in [6.45, 7) is 2.88. The lowest BCUT2D eigenvalue weighted by molar-refractivity contribution is 0.0912. The Kier molecular flexibility index (Phi) is 5.43. The molecule has 1 aromatic carbocycles. The molecule has 1 fully saturated rings. The number of methoxy groups -OCH3 is 1. The molecule has 1 aliphatic rings. The first-order chi connectivity index (χ1) is 11.7. The molecule has 2 heterocycles. The fraction of sp³-hybridized carbons (Fsp3) is 0.389. The smallest absolute Gasteiger partial charge is 0.287 e. The molecule has 1 amide bonds. The molecule has 0 aliphatic carbocycles. The number of carbonyl (C=O) groups excluding carboxylic acids is 1. The number of anilines is 1. The van der Waals surface area contributed by atoms with Gasteiger partial charge in [0.05, 0.1) is 0 Å². The summed E-state index contributed by atoms with van der Waals surface area (Å²) in [5.41, 5.74) is 1.13. The summed E-state index contributed by atoms with van der Waals surface area (Å²) < 4.78 is 10.4. The van der Waals surface area contributed by atoms with Crippen molar-refractivity contribution >= 4 is 23.2 Å². The van der Waals surface area contributed by atoms with Crippen LogP contribution in [0, 0.1) is 5.92 Å². The van der Waals surface area contributed by atoms with Crippen molar-refractivity contribution in [2.24, 2.45) is 5.92 Å². The predicted molar refractivity (Wildman–Crippen MR) is 93.5 cm³/mol. The van der Waals surface area contributed by atoms with E-state index in [0.717, 1.165) is 30.2 Å². The molecule has 0 bridgehead atoms. The first-order valence-corrected chi connectivity index (χ1v) is 8.40. The molecule has 2 aromatic rings. The number of rotatable bonds is 6. The molecular weight excluding hydrogens is 328 g/mol. The van der Waals surface area contributed by atoms with Gasteiger partial charge in [0.15, 0.2) is 5.76 Å². The molecule has 1 saturated heterocycles. The summed E-state index contributed by atoms with van der Waals surface area (Å²) in [5.74, 6) is 1.21. The Morgan fingerprint density at radius 1 is 1.42 bits per heavy atom. The standard InChI is InChI=1S/C18H21ClN2O3/c1-23-12-16-5-6-17(24-16)18(22)20-10-13-7-8-21(11-13)15-4-2-3-14(19)9-15/h2-6,9,13H,7-8,10-12H2,1H3,(H,20,22)/t13-/m1/s1. The highest BCUT2D eigenvalue weighted by atomic mass is 35.5. The van der Waals surface area contributed by atoms with Crippen molar-refractivity contribution in [3.8, 4) is 0 Å². The third-order valence-electron chi connectivity index (χ3n) is 4.18. The normalized spacial score (nSPS) is 17.2. The van der Waals surface area contributed by atoms with Crippen LogP contribution in [0.3, 0.4) is 0 Å². The lowest BCUT2D eigenvalue weighted by Gasteiger charge is -2.19. The van der Waals surface area contributed by atoms with E-state index in [2.05, 4.69) is 16.3 Å². The molecule has 0 saturated carbocycles. The van der Waals surface area contributed by atoms with Gasteiger partial charge in [-0.2, -0.15) is 0 Å². The summed E-state index contributed by atoms with van der Waals surface area (Å²) in [4.78, 5) is 14.4. The van der Waals surface area contributed by atoms with Gasteiger partial charge in [0.2, 0.25) is 0 Å². The second kappa shape index (κ2) is 7.73. The third-order valence-corrected chi connectivity index (χ3v) is 4.42. The first-order valence-electron chi connectivity index (χ1n) is 8.02. The second-order valence-corrected chi connectivity index (χ2v) is 6.43. The van der Waals surface area contributed by atoms with E-state index >= 15 is 0 Å². The number of benzene rings is 1. The third kappa shape index (κ3) is 4.10. The Balaban J connectivity index is 1.49. The van der Waals surface area contributed by atoms with Crippen LogP contribution in [0.1, 0.15) is 22.7 Å². The number of nitrogens with one attached hydrogen (secondary N) is 1. The maximum Gasteiger partial charge on any atom is 0.287 e. The molecule has 6 heteroatoms. The van der Waals surface area contributed by atoms with Gasteiger partial charge in [0.1, 0.15) is 12.4 Å². The number of hydrogen-bond donors (Lipinski definition) is 1. The lowest BCUT2D eigenvalue weighted by atomic mass is 10.1. The number of hydrogen-bond acceptors (Lipinski definition) is 4. The summed E-state index contributed by atoms with van der Waals surface area (Å²) in [7, 11) is 1.59. The number of carbonyl (C=O) groups is 1. The maximum atomic E-state index is 12.1. The quantitative estimate of drug-likeness (QED) is 0.870. The van der Waals surface area contributed by atoms with Crippen molar-refractivity contribution in [2.45, 2.75) is 13.0 Å². The number of amides is 1. The van der Waals surface area contributed by atoms with Gasteiger partial charge >= 0.3 is 0 Å². The van der Waals surface area contributed by atoms with Gasteiger partial charge in [-0.05, 0) is 42.7 Å². The van der Waals surface area contributed by atoms with Crippen LogP contribution in [0.25, 0.3) is 0 Å². The largest absolute Gasteiger partial charge is 0.453 e. The highest BCUT2D eigenvalue weighted by Gasteiger charge is 2.23. The fourth-order valence-electron chi connectivity index (χ4n) is 2.95. The highest BCUT2D eigenvalue weighted by Crippen LogP contribution is 2.25. The van der Waals surface area contributed by atoms with Gasteiger partial charge in [0, 0.05) is 37.5 Å². The van der Waals surface area contributed by atoms with Crippen molar-refractivity contribution in [2.75, 3.05) is 31.6 Å². The molecule has 1 aliphatic heterocycles. The van der Waals surface area contributed by atoms with E-state index in [1.165, 1.54) is 0 Å². The molecule has 24 heavy (non-hydrogen) atoms. The van der Waals surface area contributed by atoms with Crippen LogP contribution in [0.15, 0.2) is 40.8 Å². The number of ether oxygens (including phenoxy) is 1. The number of nitrogens with zero attached hydrogens (tertiary/aromatic N) is 1. The first kappa shape index (κ1) is 16.9. The minimum Gasteiger partial charge on any atom is -0.453 e. The average Bonchev–Trinajstić information content (AvgIpc) is 3.22. The van der Waals surface area contributed by atoms with Crippen LogP contribution >= 0.6 is 11.6 Å². The van der Waals surface area contributed by atoms with Gasteiger partial charge in [-0.3, -0.25) is 4.79 Å².